The van der Waals surface area contributed by atoms with Crippen LogP contribution < -0.4 is 10.6 Å². The summed E-state index contributed by atoms with van der Waals surface area (Å²) in [5, 5.41) is 13.6. The van der Waals surface area contributed by atoms with Gasteiger partial charge in [-0.2, -0.15) is 0 Å². The Kier molecular flexibility index (Phi) is 5.78. The molecule has 0 radical (unpaired) electrons. The first kappa shape index (κ1) is 17.0. The summed E-state index contributed by atoms with van der Waals surface area (Å²) in [7, 11) is 0. The zero-order valence-electron chi connectivity index (χ0n) is 12.1. The first-order valence-electron chi connectivity index (χ1n) is 6.23. The van der Waals surface area contributed by atoms with Gasteiger partial charge >= 0.3 is 12.0 Å². The number of amides is 3. The third kappa shape index (κ3) is 5.11. The minimum Gasteiger partial charge on any atom is -0.481 e. The smallest absolute Gasteiger partial charge is 0.325 e. The Hall–Kier alpha value is -2.02. The summed E-state index contributed by atoms with van der Waals surface area (Å²) < 4.78 is 0. The van der Waals surface area contributed by atoms with Crippen LogP contribution in [0.4, 0.5) is 10.5 Å². The second-order valence-corrected chi connectivity index (χ2v) is 5.92. The van der Waals surface area contributed by atoms with Gasteiger partial charge in [0.15, 0.2) is 0 Å². The van der Waals surface area contributed by atoms with E-state index in [0.29, 0.717) is 5.69 Å². The highest BCUT2D eigenvalue weighted by molar-refractivity contribution is 7.98. The van der Waals surface area contributed by atoms with E-state index in [1.54, 1.807) is 12.1 Å². The Morgan fingerprint density at radius 3 is 2.43 bits per heavy atom. The molecule has 0 aromatic heterocycles. The highest BCUT2D eigenvalue weighted by Crippen LogP contribution is 2.24. The molecular weight excluding hydrogens is 292 g/mol. The van der Waals surface area contributed by atoms with Gasteiger partial charge in [-0.1, -0.05) is 12.1 Å². The van der Waals surface area contributed by atoms with Crippen LogP contribution in [0.25, 0.3) is 0 Å². The van der Waals surface area contributed by atoms with E-state index in [0.717, 1.165) is 4.90 Å². The quantitative estimate of drug-likeness (QED) is 0.726. The second kappa shape index (κ2) is 7.12. The topological polar surface area (TPSA) is 95.5 Å². The number of hydrogen-bond donors (Lipinski definition) is 3. The first-order valence-corrected chi connectivity index (χ1v) is 7.46. The molecule has 0 heterocycles. The number of para-hydroxylation sites is 1. The van der Waals surface area contributed by atoms with E-state index < -0.39 is 23.3 Å². The van der Waals surface area contributed by atoms with Crippen molar-refractivity contribution in [2.24, 2.45) is 5.41 Å². The molecular formula is C14H18N2O4S. The maximum Gasteiger partial charge on any atom is 0.325 e. The number of carbonyl (C=O) groups excluding carboxylic acids is 2. The highest BCUT2D eigenvalue weighted by atomic mass is 32.2. The van der Waals surface area contributed by atoms with Crippen molar-refractivity contribution in [3.8, 4) is 0 Å². The molecule has 0 saturated carbocycles. The molecule has 3 N–H and O–H groups in total. The predicted molar refractivity (Wildman–Crippen MR) is 81.4 cm³/mol. The third-order valence-corrected chi connectivity index (χ3v) is 3.59. The van der Waals surface area contributed by atoms with Crippen LogP contribution in [-0.4, -0.2) is 29.3 Å². The first-order chi connectivity index (χ1) is 9.76. The number of hydrogen-bond acceptors (Lipinski definition) is 4. The lowest BCUT2D eigenvalue weighted by atomic mass is 9.89. The lowest BCUT2D eigenvalue weighted by Gasteiger charge is -2.18. The van der Waals surface area contributed by atoms with Gasteiger partial charge in [0.25, 0.3) is 0 Å². The SMILES string of the molecule is CSc1ccccc1NC(=O)NC(=O)CC(C)(C)C(=O)O. The standard InChI is InChI=1S/C14H18N2O4S/c1-14(2,12(18)19)8-11(17)16-13(20)15-9-6-4-5-7-10(9)21-3/h4-7H,8H2,1-3H3,(H,18,19)(H2,15,16,17,20). The largest absolute Gasteiger partial charge is 0.481 e. The Morgan fingerprint density at radius 1 is 1.24 bits per heavy atom. The van der Waals surface area contributed by atoms with Crippen LogP contribution in [0.3, 0.4) is 0 Å². The van der Waals surface area contributed by atoms with Crippen molar-refractivity contribution in [2.45, 2.75) is 25.2 Å². The molecule has 0 saturated heterocycles. The van der Waals surface area contributed by atoms with Crippen molar-refractivity contribution in [2.75, 3.05) is 11.6 Å². The summed E-state index contributed by atoms with van der Waals surface area (Å²) in [6.45, 7) is 2.85. The Bertz CT molecular complexity index is 558. The molecule has 3 amide bonds. The van der Waals surface area contributed by atoms with Crippen molar-refractivity contribution in [1.82, 2.24) is 5.32 Å². The maximum atomic E-state index is 11.7. The number of carboxylic acid groups (broad SMARTS) is 1. The summed E-state index contributed by atoms with van der Waals surface area (Å²) in [6, 6.07) is 6.50. The van der Waals surface area contributed by atoms with E-state index in [1.807, 2.05) is 18.4 Å². The van der Waals surface area contributed by atoms with E-state index in [2.05, 4.69) is 10.6 Å². The number of thioether (sulfide) groups is 1. The average molecular weight is 310 g/mol. The van der Waals surface area contributed by atoms with Gasteiger partial charge in [0.1, 0.15) is 0 Å². The molecule has 1 rings (SSSR count). The lowest BCUT2D eigenvalue weighted by Crippen LogP contribution is -2.38. The number of benzene rings is 1. The number of urea groups is 1. The van der Waals surface area contributed by atoms with Gasteiger partial charge in [0, 0.05) is 11.3 Å². The van der Waals surface area contributed by atoms with Crippen LogP contribution in [0.5, 0.6) is 0 Å². The number of rotatable bonds is 5. The fourth-order valence-electron chi connectivity index (χ4n) is 1.55. The number of nitrogens with one attached hydrogen (secondary N) is 2. The minimum absolute atomic E-state index is 0.278. The Morgan fingerprint density at radius 2 is 1.86 bits per heavy atom. The number of aliphatic carboxylic acids is 1. The van der Waals surface area contributed by atoms with Gasteiger partial charge in [0.2, 0.25) is 5.91 Å². The van der Waals surface area contributed by atoms with Crippen molar-refractivity contribution < 1.29 is 19.5 Å². The summed E-state index contributed by atoms with van der Waals surface area (Å²) in [5.41, 5.74) is -0.630. The number of carboxylic acids is 1. The number of imide groups is 1. The van der Waals surface area contributed by atoms with Crippen LogP contribution in [0.2, 0.25) is 0 Å². The lowest BCUT2D eigenvalue weighted by molar-refractivity contribution is -0.149. The van der Waals surface area contributed by atoms with Crippen molar-refractivity contribution in [3.05, 3.63) is 24.3 Å². The molecule has 0 fully saturated rings. The molecule has 0 unspecified atom stereocenters. The summed E-state index contributed by atoms with van der Waals surface area (Å²) in [4.78, 5) is 35.2. The molecule has 1 aromatic carbocycles. The fourth-order valence-corrected chi connectivity index (χ4v) is 2.10. The Balaban J connectivity index is 2.62. The van der Waals surface area contributed by atoms with E-state index in [1.165, 1.54) is 25.6 Å². The van der Waals surface area contributed by atoms with E-state index in [4.69, 9.17) is 5.11 Å². The summed E-state index contributed by atoms with van der Waals surface area (Å²) in [5.74, 6) is -1.73. The monoisotopic (exact) mass is 310 g/mol. The molecule has 114 valence electrons. The van der Waals surface area contributed by atoms with E-state index in [9.17, 15) is 14.4 Å². The van der Waals surface area contributed by atoms with Gasteiger partial charge in [-0.05, 0) is 32.2 Å². The van der Waals surface area contributed by atoms with E-state index >= 15 is 0 Å². The van der Waals surface area contributed by atoms with Crippen molar-refractivity contribution in [1.29, 1.82) is 0 Å². The summed E-state index contributed by atoms with van der Waals surface area (Å²) >= 11 is 1.47. The van der Waals surface area contributed by atoms with Gasteiger partial charge < -0.3 is 10.4 Å². The molecule has 0 aliphatic rings. The average Bonchev–Trinajstić information content (AvgIpc) is 2.38. The summed E-state index contributed by atoms with van der Waals surface area (Å²) in [6.07, 6.45) is 1.60. The molecule has 0 spiro atoms. The zero-order valence-corrected chi connectivity index (χ0v) is 12.9. The van der Waals surface area contributed by atoms with Gasteiger partial charge in [0.05, 0.1) is 11.1 Å². The van der Waals surface area contributed by atoms with Crippen LogP contribution in [0, 0.1) is 5.41 Å². The number of anilines is 1. The second-order valence-electron chi connectivity index (χ2n) is 5.07. The molecule has 7 heteroatoms. The van der Waals surface area contributed by atoms with Crippen molar-refractivity contribution >= 4 is 35.4 Å². The minimum atomic E-state index is -1.22. The molecule has 0 aliphatic heterocycles. The van der Waals surface area contributed by atoms with Gasteiger partial charge in [-0.15, -0.1) is 11.8 Å². The normalized spacial score (nSPS) is 10.8. The molecule has 0 aliphatic carbocycles. The molecule has 0 bridgehead atoms. The van der Waals surface area contributed by atoms with Gasteiger partial charge in [-0.3, -0.25) is 14.9 Å². The van der Waals surface area contributed by atoms with Crippen LogP contribution in [0.1, 0.15) is 20.3 Å². The van der Waals surface area contributed by atoms with E-state index in [-0.39, 0.29) is 6.42 Å². The molecule has 0 atom stereocenters. The highest BCUT2D eigenvalue weighted by Gasteiger charge is 2.30. The van der Waals surface area contributed by atoms with Crippen LogP contribution in [0.15, 0.2) is 29.2 Å². The maximum absolute atomic E-state index is 11.7. The van der Waals surface area contributed by atoms with Crippen molar-refractivity contribution in [3.63, 3.8) is 0 Å². The Labute approximate surface area is 127 Å². The fraction of sp³-hybridized carbons (Fsp3) is 0.357. The van der Waals surface area contributed by atoms with Crippen LogP contribution in [-0.2, 0) is 9.59 Å². The predicted octanol–water partition coefficient (Wildman–Crippen LogP) is 2.56. The molecule has 1 aromatic rings. The zero-order chi connectivity index (χ0) is 16.0. The van der Waals surface area contributed by atoms with Crippen LogP contribution >= 0.6 is 11.8 Å². The number of carbonyl (C=O) groups is 3. The molecule has 21 heavy (non-hydrogen) atoms. The molecule has 6 nitrogen and oxygen atoms in total. The van der Waals surface area contributed by atoms with Gasteiger partial charge in [-0.25, -0.2) is 4.79 Å². The third-order valence-electron chi connectivity index (χ3n) is 2.79.